The lowest BCUT2D eigenvalue weighted by atomic mass is 9.93. The molecule has 1 N–H and O–H groups in total. The summed E-state index contributed by atoms with van der Waals surface area (Å²) in [6.45, 7) is 5.81. The average Bonchev–Trinajstić information content (AvgIpc) is 2.38. The van der Waals surface area contributed by atoms with Crippen LogP contribution in [0.15, 0.2) is 22.7 Å². The van der Waals surface area contributed by atoms with Gasteiger partial charge in [0.1, 0.15) is 5.82 Å². The molecule has 1 aliphatic rings. The molecule has 0 spiro atoms. The first-order chi connectivity index (χ1) is 9.47. The van der Waals surface area contributed by atoms with Gasteiger partial charge in [-0.15, -0.1) is 0 Å². The van der Waals surface area contributed by atoms with Crippen LogP contribution in [0.2, 0.25) is 0 Å². The van der Waals surface area contributed by atoms with Crippen LogP contribution in [0.3, 0.4) is 0 Å². The Labute approximate surface area is 127 Å². The van der Waals surface area contributed by atoms with E-state index in [1.54, 1.807) is 13.0 Å². The van der Waals surface area contributed by atoms with Crippen molar-refractivity contribution < 1.29 is 9.18 Å². The fourth-order valence-corrected chi connectivity index (χ4v) is 2.97. The lowest BCUT2D eigenvalue weighted by Gasteiger charge is -2.37. The lowest BCUT2D eigenvalue weighted by Crippen LogP contribution is -2.49. The Hall–Kier alpha value is -0.940. The minimum Gasteiger partial charge on any atom is -0.343 e. The summed E-state index contributed by atoms with van der Waals surface area (Å²) in [5.41, 5.74) is 0.675. The van der Waals surface area contributed by atoms with Crippen LogP contribution in [0.25, 0.3) is 0 Å². The van der Waals surface area contributed by atoms with Gasteiger partial charge in [0.25, 0.3) is 0 Å². The number of nitrogens with zero attached hydrogens (tertiary/aromatic N) is 1. The van der Waals surface area contributed by atoms with Gasteiger partial charge in [0.05, 0.1) is 0 Å². The molecule has 3 nitrogen and oxygen atoms in total. The number of likely N-dealkylation sites (tertiary alicyclic amines) is 1. The smallest absolute Gasteiger partial charge is 0.219 e. The highest BCUT2D eigenvalue weighted by atomic mass is 79.9. The number of hydrogen-bond acceptors (Lipinski definition) is 2. The number of carbonyl (C=O) groups is 1. The fraction of sp³-hybridized carbons (Fsp3) is 0.533. The molecule has 1 fully saturated rings. The summed E-state index contributed by atoms with van der Waals surface area (Å²) in [5.74, 6) is 0.320. The molecule has 0 aliphatic carbocycles. The van der Waals surface area contributed by atoms with E-state index in [1.807, 2.05) is 11.0 Å². The SMILES string of the molecule is CC(=O)N1CCC(NCc2ccc(Br)cc2F)C(C)C1. The highest BCUT2D eigenvalue weighted by Gasteiger charge is 2.26. The Morgan fingerprint density at radius 1 is 1.55 bits per heavy atom. The molecule has 1 aromatic rings. The summed E-state index contributed by atoms with van der Waals surface area (Å²) < 4.78 is 14.5. The van der Waals surface area contributed by atoms with Crippen LogP contribution in [-0.2, 0) is 11.3 Å². The van der Waals surface area contributed by atoms with E-state index in [9.17, 15) is 9.18 Å². The molecule has 1 aliphatic heterocycles. The number of halogens is 2. The molecule has 1 amide bonds. The first kappa shape index (κ1) is 15.4. The van der Waals surface area contributed by atoms with Gasteiger partial charge in [-0.2, -0.15) is 0 Å². The second-order valence-electron chi connectivity index (χ2n) is 5.45. The maximum atomic E-state index is 13.7. The van der Waals surface area contributed by atoms with Crippen molar-refractivity contribution in [1.82, 2.24) is 10.2 Å². The Morgan fingerprint density at radius 3 is 2.90 bits per heavy atom. The number of nitrogens with one attached hydrogen (secondary N) is 1. The molecule has 0 bridgehead atoms. The summed E-state index contributed by atoms with van der Waals surface area (Å²) in [6.07, 6.45) is 0.916. The Kier molecular flexibility index (Phi) is 5.16. The molecular formula is C15H20BrFN2O. The monoisotopic (exact) mass is 342 g/mol. The largest absolute Gasteiger partial charge is 0.343 e. The van der Waals surface area contributed by atoms with Gasteiger partial charge in [0, 0.05) is 42.6 Å². The molecular weight excluding hydrogens is 323 g/mol. The van der Waals surface area contributed by atoms with E-state index >= 15 is 0 Å². The Balaban J connectivity index is 1.90. The quantitative estimate of drug-likeness (QED) is 0.915. The maximum absolute atomic E-state index is 13.7. The van der Waals surface area contributed by atoms with Crippen molar-refractivity contribution in [3.8, 4) is 0 Å². The van der Waals surface area contributed by atoms with Crippen molar-refractivity contribution in [2.45, 2.75) is 32.9 Å². The van der Waals surface area contributed by atoms with Gasteiger partial charge in [-0.05, 0) is 24.5 Å². The van der Waals surface area contributed by atoms with Crippen LogP contribution < -0.4 is 5.32 Å². The minimum absolute atomic E-state index is 0.134. The van der Waals surface area contributed by atoms with E-state index in [2.05, 4.69) is 28.2 Å². The molecule has 1 aromatic carbocycles. The molecule has 0 aromatic heterocycles. The van der Waals surface area contributed by atoms with E-state index in [0.29, 0.717) is 24.1 Å². The molecule has 0 saturated carbocycles. The second-order valence-corrected chi connectivity index (χ2v) is 6.37. The Bertz CT molecular complexity index is 495. The van der Waals surface area contributed by atoms with Crippen LogP contribution in [0, 0.1) is 11.7 Å². The third-order valence-electron chi connectivity index (χ3n) is 3.92. The first-order valence-electron chi connectivity index (χ1n) is 6.90. The van der Waals surface area contributed by atoms with Crippen molar-refractivity contribution in [3.63, 3.8) is 0 Å². The zero-order valence-corrected chi connectivity index (χ0v) is 13.4. The van der Waals surface area contributed by atoms with Crippen LogP contribution in [0.5, 0.6) is 0 Å². The van der Waals surface area contributed by atoms with Gasteiger partial charge < -0.3 is 10.2 Å². The van der Waals surface area contributed by atoms with Crippen molar-refractivity contribution in [2.24, 2.45) is 5.92 Å². The number of amides is 1. The predicted molar refractivity (Wildman–Crippen MR) is 80.8 cm³/mol. The number of hydrogen-bond donors (Lipinski definition) is 1. The summed E-state index contributed by atoms with van der Waals surface area (Å²) in [5, 5.41) is 3.41. The van der Waals surface area contributed by atoms with Gasteiger partial charge in [0.15, 0.2) is 0 Å². The average molecular weight is 343 g/mol. The van der Waals surface area contributed by atoms with E-state index in [-0.39, 0.29) is 11.7 Å². The molecule has 2 unspecified atom stereocenters. The summed E-state index contributed by atoms with van der Waals surface area (Å²) in [4.78, 5) is 13.2. The number of benzene rings is 1. The molecule has 1 heterocycles. The van der Waals surface area contributed by atoms with Gasteiger partial charge in [-0.3, -0.25) is 4.79 Å². The van der Waals surface area contributed by atoms with Crippen molar-refractivity contribution >= 4 is 21.8 Å². The zero-order chi connectivity index (χ0) is 14.7. The lowest BCUT2D eigenvalue weighted by molar-refractivity contribution is -0.130. The fourth-order valence-electron chi connectivity index (χ4n) is 2.64. The zero-order valence-electron chi connectivity index (χ0n) is 11.8. The van der Waals surface area contributed by atoms with Crippen LogP contribution >= 0.6 is 15.9 Å². The van der Waals surface area contributed by atoms with E-state index < -0.39 is 0 Å². The Morgan fingerprint density at radius 2 is 2.30 bits per heavy atom. The third-order valence-corrected chi connectivity index (χ3v) is 4.41. The molecule has 20 heavy (non-hydrogen) atoms. The topological polar surface area (TPSA) is 32.3 Å². The van der Waals surface area contributed by atoms with E-state index in [0.717, 1.165) is 24.0 Å². The predicted octanol–water partition coefficient (Wildman–Crippen LogP) is 2.93. The number of piperidine rings is 1. The molecule has 110 valence electrons. The molecule has 5 heteroatoms. The normalized spacial score (nSPS) is 22.9. The van der Waals surface area contributed by atoms with Gasteiger partial charge >= 0.3 is 0 Å². The van der Waals surface area contributed by atoms with Crippen LogP contribution in [0.4, 0.5) is 4.39 Å². The maximum Gasteiger partial charge on any atom is 0.219 e. The molecule has 2 atom stereocenters. The summed E-state index contributed by atoms with van der Waals surface area (Å²) in [6, 6.07) is 5.45. The number of carbonyl (C=O) groups excluding carboxylic acids is 1. The van der Waals surface area contributed by atoms with Crippen LogP contribution in [0.1, 0.15) is 25.8 Å². The van der Waals surface area contributed by atoms with Gasteiger partial charge in [0.2, 0.25) is 5.91 Å². The summed E-state index contributed by atoms with van der Waals surface area (Å²) >= 11 is 3.26. The van der Waals surface area contributed by atoms with Crippen molar-refractivity contribution in [1.29, 1.82) is 0 Å². The van der Waals surface area contributed by atoms with E-state index in [4.69, 9.17) is 0 Å². The molecule has 0 radical (unpaired) electrons. The third kappa shape index (κ3) is 3.79. The second kappa shape index (κ2) is 6.68. The van der Waals surface area contributed by atoms with Gasteiger partial charge in [-0.1, -0.05) is 28.9 Å². The van der Waals surface area contributed by atoms with Gasteiger partial charge in [-0.25, -0.2) is 4.39 Å². The summed E-state index contributed by atoms with van der Waals surface area (Å²) in [7, 11) is 0. The standard InChI is InChI=1S/C15H20BrFN2O/c1-10-9-19(11(2)20)6-5-15(10)18-8-12-3-4-13(16)7-14(12)17/h3-4,7,10,15,18H,5-6,8-9H2,1-2H3. The number of rotatable bonds is 3. The molecule has 1 saturated heterocycles. The minimum atomic E-state index is -0.194. The van der Waals surface area contributed by atoms with Crippen molar-refractivity contribution in [2.75, 3.05) is 13.1 Å². The van der Waals surface area contributed by atoms with E-state index in [1.165, 1.54) is 6.07 Å². The van der Waals surface area contributed by atoms with Crippen molar-refractivity contribution in [3.05, 3.63) is 34.1 Å². The highest BCUT2D eigenvalue weighted by molar-refractivity contribution is 9.10. The molecule has 2 rings (SSSR count). The first-order valence-corrected chi connectivity index (χ1v) is 7.69. The highest BCUT2D eigenvalue weighted by Crippen LogP contribution is 2.19. The van der Waals surface area contributed by atoms with Crippen LogP contribution in [-0.4, -0.2) is 29.9 Å².